The monoisotopic (exact) mass is 292 g/mol. The van der Waals surface area contributed by atoms with Gasteiger partial charge >= 0.3 is 6.18 Å². The highest BCUT2D eigenvalue weighted by molar-refractivity contribution is 5.79. The molecule has 116 valence electrons. The van der Waals surface area contributed by atoms with Gasteiger partial charge < -0.3 is 10.6 Å². The summed E-state index contributed by atoms with van der Waals surface area (Å²) in [5.41, 5.74) is 5.71. The normalized spacial score (nSPS) is 32.2. The van der Waals surface area contributed by atoms with E-state index in [9.17, 15) is 18.0 Å². The summed E-state index contributed by atoms with van der Waals surface area (Å²) in [7, 11) is 0. The van der Waals surface area contributed by atoms with Crippen LogP contribution in [0.25, 0.3) is 0 Å². The summed E-state index contributed by atoms with van der Waals surface area (Å²) in [4.78, 5) is 13.9. The van der Waals surface area contributed by atoms with Gasteiger partial charge in [0, 0.05) is 19.0 Å². The Morgan fingerprint density at radius 3 is 2.50 bits per heavy atom. The minimum Gasteiger partial charge on any atom is -0.342 e. The number of hydrogen-bond donors (Lipinski definition) is 1. The lowest BCUT2D eigenvalue weighted by Crippen LogP contribution is -2.49. The molecule has 3 nitrogen and oxygen atoms in total. The minimum absolute atomic E-state index is 0.103. The van der Waals surface area contributed by atoms with Crippen molar-refractivity contribution in [2.24, 2.45) is 23.5 Å². The Hall–Kier alpha value is -0.780. The van der Waals surface area contributed by atoms with Crippen molar-refractivity contribution in [1.82, 2.24) is 4.90 Å². The second-order valence-corrected chi connectivity index (χ2v) is 6.05. The van der Waals surface area contributed by atoms with Crippen LogP contribution in [0.15, 0.2) is 0 Å². The summed E-state index contributed by atoms with van der Waals surface area (Å²) in [5, 5.41) is 0. The van der Waals surface area contributed by atoms with Crippen LogP contribution in [-0.2, 0) is 4.79 Å². The first-order valence-corrected chi connectivity index (χ1v) is 7.49. The number of likely N-dealkylation sites (tertiary alicyclic amines) is 1. The number of carbonyl (C=O) groups is 1. The molecule has 0 spiro atoms. The van der Waals surface area contributed by atoms with Crippen molar-refractivity contribution in [2.45, 2.75) is 44.7 Å². The van der Waals surface area contributed by atoms with E-state index in [2.05, 4.69) is 0 Å². The number of nitrogens with two attached hydrogens (primary N) is 1. The van der Waals surface area contributed by atoms with Gasteiger partial charge in [-0.05, 0) is 38.1 Å². The van der Waals surface area contributed by atoms with Crippen molar-refractivity contribution in [3.63, 3.8) is 0 Å². The van der Waals surface area contributed by atoms with Crippen molar-refractivity contribution in [2.75, 3.05) is 19.6 Å². The number of carbonyl (C=O) groups excluding carboxylic acids is 1. The average molecular weight is 292 g/mol. The highest BCUT2D eigenvalue weighted by Gasteiger charge is 2.44. The number of alkyl halides is 3. The van der Waals surface area contributed by atoms with Gasteiger partial charge in [0.15, 0.2) is 0 Å². The molecule has 2 fully saturated rings. The molecule has 1 amide bonds. The first kappa shape index (κ1) is 15.6. The van der Waals surface area contributed by atoms with E-state index in [0.717, 1.165) is 25.7 Å². The number of piperidine rings is 1. The van der Waals surface area contributed by atoms with Gasteiger partial charge in [0.1, 0.15) is 0 Å². The predicted molar refractivity (Wildman–Crippen MR) is 69.9 cm³/mol. The van der Waals surface area contributed by atoms with Gasteiger partial charge in [0.2, 0.25) is 5.91 Å². The molecule has 3 unspecified atom stereocenters. The lowest BCUT2D eigenvalue weighted by atomic mass is 9.78. The molecule has 2 N–H and O–H groups in total. The second kappa shape index (κ2) is 6.33. The van der Waals surface area contributed by atoms with Crippen LogP contribution in [0.2, 0.25) is 0 Å². The van der Waals surface area contributed by atoms with E-state index in [0.29, 0.717) is 19.5 Å². The smallest absolute Gasteiger partial charge is 0.342 e. The number of halogens is 3. The second-order valence-electron chi connectivity index (χ2n) is 6.05. The first-order chi connectivity index (χ1) is 9.43. The molecule has 6 heteroatoms. The zero-order valence-corrected chi connectivity index (χ0v) is 11.7. The number of rotatable bonds is 2. The van der Waals surface area contributed by atoms with E-state index < -0.39 is 12.1 Å². The minimum atomic E-state index is -4.20. The fourth-order valence-electron chi connectivity index (χ4n) is 3.49. The maximum atomic E-state index is 12.8. The van der Waals surface area contributed by atoms with Gasteiger partial charge in [-0.3, -0.25) is 4.79 Å². The molecule has 3 atom stereocenters. The molecule has 1 aliphatic carbocycles. The molecule has 0 aromatic carbocycles. The van der Waals surface area contributed by atoms with Gasteiger partial charge in [-0.1, -0.05) is 12.8 Å². The molecule has 0 bridgehead atoms. The van der Waals surface area contributed by atoms with Crippen LogP contribution in [0.5, 0.6) is 0 Å². The van der Waals surface area contributed by atoms with Crippen molar-refractivity contribution >= 4 is 5.91 Å². The molecule has 0 aromatic rings. The predicted octanol–water partition coefficient (Wildman–Crippen LogP) is 2.55. The van der Waals surface area contributed by atoms with Gasteiger partial charge in [0.25, 0.3) is 0 Å². The summed E-state index contributed by atoms with van der Waals surface area (Å²) >= 11 is 0. The van der Waals surface area contributed by atoms with Gasteiger partial charge in [-0.15, -0.1) is 0 Å². The fourth-order valence-corrected chi connectivity index (χ4v) is 3.49. The van der Waals surface area contributed by atoms with Crippen LogP contribution in [0, 0.1) is 17.8 Å². The molecular formula is C14H23F3N2O. The Kier molecular flexibility index (Phi) is 4.94. The van der Waals surface area contributed by atoms with Crippen LogP contribution in [0.1, 0.15) is 38.5 Å². The van der Waals surface area contributed by atoms with Gasteiger partial charge in [-0.25, -0.2) is 0 Å². The van der Waals surface area contributed by atoms with E-state index >= 15 is 0 Å². The van der Waals surface area contributed by atoms with Crippen molar-refractivity contribution in [3.05, 3.63) is 0 Å². The summed E-state index contributed by atoms with van der Waals surface area (Å²) in [5.74, 6) is -1.49. The maximum Gasteiger partial charge on any atom is 0.393 e. The molecule has 1 heterocycles. The average Bonchev–Trinajstić information content (AvgIpc) is 2.45. The Morgan fingerprint density at radius 1 is 1.15 bits per heavy atom. The topological polar surface area (TPSA) is 46.3 Å². The lowest BCUT2D eigenvalue weighted by molar-refractivity contribution is -0.189. The summed E-state index contributed by atoms with van der Waals surface area (Å²) in [6.07, 6.45) is 0.116. The standard InChI is InChI=1S/C14H23F3N2O/c15-14(16,17)11-5-3-7-19(9-11)13(20)12-6-2-1-4-10(12)8-18/h10-12H,1-9,18H2. The van der Waals surface area contributed by atoms with E-state index in [-0.39, 0.29) is 30.7 Å². The van der Waals surface area contributed by atoms with Crippen LogP contribution in [-0.4, -0.2) is 36.6 Å². The number of nitrogens with zero attached hydrogens (tertiary/aromatic N) is 1. The third kappa shape index (κ3) is 3.45. The van der Waals surface area contributed by atoms with Crippen LogP contribution in [0.3, 0.4) is 0 Å². The summed E-state index contributed by atoms with van der Waals surface area (Å²) in [6, 6.07) is 0. The lowest BCUT2D eigenvalue weighted by Gasteiger charge is -2.38. The van der Waals surface area contributed by atoms with Gasteiger partial charge in [-0.2, -0.15) is 13.2 Å². The quantitative estimate of drug-likeness (QED) is 0.850. The maximum absolute atomic E-state index is 12.8. The molecule has 0 radical (unpaired) electrons. The van der Waals surface area contributed by atoms with E-state index in [4.69, 9.17) is 5.73 Å². The van der Waals surface area contributed by atoms with Crippen molar-refractivity contribution in [1.29, 1.82) is 0 Å². The third-order valence-electron chi connectivity index (χ3n) is 4.72. The third-order valence-corrected chi connectivity index (χ3v) is 4.72. The number of amides is 1. The van der Waals surface area contributed by atoms with Crippen LogP contribution in [0.4, 0.5) is 13.2 Å². The summed E-state index contributed by atoms with van der Waals surface area (Å²) < 4.78 is 38.4. The Bertz CT molecular complexity index is 346. The molecule has 1 saturated heterocycles. The molecule has 2 aliphatic rings. The first-order valence-electron chi connectivity index (χ1n) is 7.49. The summed E-state index contributed by atoms with van der Waals surface area (Å²) in [6.45, 7) is 0.738. The van der Waals surface area contributed by atoms with Gasteiger partial charge in [0.05, 0.1) is 5.92 Å². The largest absolute Gasteiger partial charge is 0.393 e. The van der Waals surface area contributed by atoms with Crippen molar-refractivity contribution in [3.8, 4) is 0 Å². The zero-order chi connectivity index (χ0) is 14.8. The molecule has 0 aromatic heterocycles. The fraction of sp³-hybridized carbons (Fsp3) is 0.929. The Balaban J connectivity index is 2.00. The SMILES string of the molecule is NCC1CCCCC1C(=O)N1CCCC(C(F)(F)F)C1. The molecule has 2 rings (SSSR count). The molecule has 1 aliphatic heterocycles. The van der Waals surface area contributed by atoms with E-state index in [1.807, 2.05) is 0 Å². The zero-order valence-electron chi connectivity index (χ0n) is 11.7. The van der Waals surface area contributed by atoms with E-state index in [1.54, 1.807) is 0 Å². The molecule has 1 saturated carbocycles. The van der Waals surface area contributed by atoms with Crippen LogP contribution >= 0.6 is 0 Å². The van der Waals surface area contributed by atoms with Crippen LogP contribution < -0.4 is 5.73 Å². The van der Waals surface area contributed by atoms with Crippen molar-refractivity contribution < 1.29 is 18.0 Å². The van der Waals surface area contributed by atoms with E-state index in [1.165, 1.54) is 4.90 Å². The molecule has 20 heavy (non-hydrogen) atoms. The number of hydrogen-bond acceptors (Lipinski definition) is 2. The Labute approximate surface area is 117 Å². The highest BCUT2D eigenvalue weighted by Crippen LogP contribution is 2.36. The molecular weight excluding hydrogens is 269 g/mol. The Morgan fingerprint density at radius 2 is 1.85 bits per heavy atom. The highest BCUT2D eigenvalue weighted by atomic mass is 19.4.